The Morgan fingerprint density at radius 3 is 2.47 bits per heavy atom. The minimum Gasteiger partial charge on any atom is -0.360 e. The van der Waals surface area contributed by atoms with Crippen LogP contribution in [0.4, 0.5) is 15.8 Å². The summed E-state index contributed by atoms with van der Waals surface area (Å²) < 4.78 is 15.7. The van der Waals surface area contributed by atoms with Crippen LogP contribution in [0.5, 0.6) is 0 Å². The third-order valence-corrected chi connectivity index (χ3v) is 7.24. The third-order valence-electron chi connectivity index (χ3n) is 7.01. The molecule has 1 saturated heterocycles. The van der Waals surface area contributed by atoms with E-state index in [4.69, 9.17) is 11.6 Å². The number of nitrogens with one attached hydrogen (secondary N) is 1. The summed E-state index contributed by atoms with van der Waals surface area (Å²) in [6, 6.07) is 19.3. The summed E-state index contributed by atoms with van der Waals surface area (Å²) in [5.74, 6) is -1.31. The molecule has 3 aromatic carbocycles. The first kappa shape index (κ1) is 22.6. The highest BCUT2D eigenvalue weighted by molar-refractivity contribution is 6.31. The van der Waals surface area contributed by atoms with Crippen LogP contribution in [-0.2, 0) is 0 Å². The molecule has 0 aliphatic carbocycles. The normalized spacial score (nSPS) is 15.7. The second-order valence-electron chi connectivity index (χ2n) is 9.08. The predicted octanol–water partition coefficient (Wildman–Crippen LogP) is 5.78. The van der Waals surface area contributed by atoms with Crippen LogP contribution in [0.25, 0.3) is 10.9 Å². The maximum absolute atomic E-state index is 14.4. The summed E-state index contributed by atoms with van der Waals surface area (Å²) in [6.45, 7) is 3.19. The first-order valence-corrected chi connectivity index (χ1v) is 12.3. The zero-order valence-corrected chi connectivity index (χ0v) is 20.1. The van der Waals surface area contributed by atoms with Crippen molar-refractivity contribution in [3.8, 4) is 0 Å². The molecule has 1 fully saturated rings. The summed E-state index contributed by atoms with van der Waals surface area (Å²) in [4.78, 5) is 30.9. The average Bonchev–Trinajstić information content (AvgIpc) is 3.50. The molecule has 0 spiro atoms. The van der Waals surface area contributed by atoms with Gasteiger partial charge >= 0.3 is 0 Å². The van der Waals surface area contributed by atoms with Gasteiger partial charge in [-0.15, -0.1) is 0 Å². The van der Waals surface area contributed by atoms with Gasteiger partial charge in [0.15, 0.2) is 0 Å². The van der Waals surface area contributed by atoms with Gasteiger partial charge in [-0.25, -0.2) is 4.39 Å². The SMILES string of the molecule is O=C(c1cn(C(=O)c2ccccc2F)c2cc(Cl)ccc12)N1CCC(N2[CH]Nc3ccccc32)CC1. The number of halogens is 2. The topological polar surface area (TPSA) is 57.6 Å². The first-order chi connectivity index (χ1) is 17.5. The number of rotatable bonds is 3. The zero-order valence-electron chi connectivity index (χ0n) is 19.3. The van der Waals surface area contributed by atoms with E-state index >= 15 is 0 Å². The number of carbonyl (C=O) groups is 2. The van der Waals surface area contributed by atoms with Crippen LogP contribution < -0.4 is 10.2 Å². The van der Waals surface area contributed by atoms with Crippen molar-refractivity contribution in [2.45, 2.75) is 18.9 Å². The summed E-state index contributed by atoms with van der Waals surface area (Å²) in [5, 5.41) is 4.35. The largest absolute Gasteiger partial charge is 0.360 e. The van der Waals surface area contributed by atoms with Gasteiger partial charge in [-0.3, -0.25) is 14.2 Å². The summed E-state index contributed by atoms with van der Waals surface area (Å²) in [6.07, 6.45) is 3.15. The number of hydrogen-bond acceptors (Lipinski definition) is 4. The highest BCUT2D eigenvalue weighted by Crippen LogP contribution is 2.37. The molecule has 1 N–H and O–H groups in total. The van der Waals surface area contributed by atoms with Gasteiger partial charge < -0.3 is 15.1 Å². The predicted molar refractivity (Wildman–Crippen MR) is 139 cm³/mol. The fraction of sp³-hybridized carbons (Fsp3) is 0.179. The maximum atomic E-state index is 14.4. The molecular weight excluding hydrogens is 479 g/mol. The smallest absolute Gasteiger partial charge is 0.265 e. The number of nitrogens with zero attached hydrogens (tertiary/aromatic N) is 3. The molecule has 3 heterocycles. The summed E-state index contributed by atoms with van der Waals surface area (Å²) in [7, 11) is 0. The van der Waals surface area contributed by atoms with Crippen LogP contribution in [-0.4, -0.2) is 40.4 Å². The van der Waals surface area contributed by atoms with Crippen molar-refractivity contribution in [2.75, 3.05) is 23.3 Å². The number of amides is 1. The van der Waals surface area contributed by atoms with E-state index in [1.54, 1.807) is 24.3 Å². The molecule has 0 bridgehead atoms. The van der Waals surface area contributed by atoms with Crippen molar-refractivity contribution in [3.05, 3.63) is 102 Å². The quantitative estimate of drug-likeness (QED) is 0.387. The van der Waals surface area contributed by atoms with Gasteiger partial charge in [0.2, 0.25) is 0 Å². The molecule has 8 heteroatoms. The minimum absolute atomic E-state index is 0.0649. The number of anilines is 2. The molecule has 2 aliphatic rings. The number of benzene rings is 3. The molecule has 4 aromatic rings. The standard InChI is InChI=1S/C28H23ClFN4O2/c29-18-9-10-20-22(16-33(26(20)15-18)28(36)21-5-1-2-6-23(21)30)27(35)32-13-11-19(12-14-32)34-17-31-24-7-3-4-8-25(24)34/h1-10,15-17,19,31H,11-14H2. The third kappa shape index (κ3) is 3.80. The van der Waals surface area contributed by atoms with Crippen molar-refractivity contribution in [2.24, 2.45) is 0 Å². The number of likely N-dealkylation sites (tertiary alicyclic amines) is 1. The highest BCUT2D eigenvalue weighted by atomic mass is 35.5. The van der Waals surface area contributed by atoms with E-state index in [0.717, 1.165) is 24.2 Å². The molecular formula is C28H23ClFN4O2. The number of carbonyl (C=O) groups excluding carboxylic acids is 2. The Hall–Kier alpha value is -3.84. The molecule has 6 nitrogen and oxygen atoms in total. The molecule has 0 atom stereocenters. The Morgan fingerprint density at radius 2 is 1.67 bits per heavy atom. The van der Waals surface area contributed by atoms with Crippen LogP contribution in [0.15, 0.2) is 72.9 Å². The monoisotopic (exact) mass is 501 g/mol. The lowest BCUT2D eigenvalue weighted by molar-refractivity contribution is 0.0715. The van der Waals surface area contributed by atoms with Crippen LogP contribution >= 0.6 is 11.6 Å². The van der Waals surface area contributed by atoms with Gasteiger partial charge in [-0.05, 0) is 49.2 Å². The van der Waals surface area contributed by atoms with Gasteiger partial charge in [-0.1, -0.05) is 41.9 Å². The van der Waals surface area contributed by atoms with E-state index in [0.29, 0.717) is 34.6 Å². The van der Waals surface area contributed by atoms with Gasteiger partial charge in [0.05, 0.1) is 28.0 Å². The van der Waals surface area contributed by atoms with Crippen LogP contribution in [0.1, 0.15) is 33.6 Å². The molecule has 181 valence electrons. The zero-order chi connectivity index (χ0) is 24.8. The lowest BCUT2D eigenvalue weighted by atomic mass is 10.0. The second-order valence-corrected chi connectivity index (χ2v) is 9.52. The molecule has 36 heavy (non-hydrogen) atoms. The van der Waals surface area contributed by atoms with Crippen LogP contribution in [0.2, 0.25) is 5.02 Å². The number of fused-ring (bicyclic) bond motifs is 2. The Kier molecular flexibility index (Phi) is 5.64. The van der Waals surface area contributed by atoms with Crippen molar-refractivity contribution in [1.29, 1.82) is 0 Å². The molecule has 1 amide bonds. The minimum atomic E-state index is -0.615. The Labute approximate surface area is 212 Å². The summed E-state index contributed by atoms with van der Waals surface area (Å²) in [5.41, 5.74) is 3.05. The van der Waals surface area contributed by atoms with Crippen LogP contribution in [0, 0.1) is 12.5 Å². The van der Waals surface area contributed by atoms with Crippen molar-refractivity contribution in [1.82, 2.24) is 9.47 Å². The van der Waals surface area contributed by atoms with Crippen LogP contribution in [0.3, 0.4) is 0 Å². The Balaban J connectivity index is 1.26. The number of piperidine rings is 1. The second kappa shape index (κ2) is 8.99. The van der Waals surface area contributed by atoms with E-state index < -0.39 is 11.7 Å². The van der Waals surface area contributed by atoms with E-state index in [1.807, 2.05) is 23.7 Å². The molecule has 1 radical (unpaired) electrons. The molecule has 1 aromatic heterocycles. The van der Waals surface area contributed by atoms with E-state index in [1.165, 1.54) is 29.0 Å². The van der Waals surface area contributed by atoms with Gasteiger partial charge in [-0.2, -0.15) is 0 Å². The van der Waals surface area contributed by atoms with E-state index in [9.17, 15) is 14.0 Å². The maximum Gasteiger partial charge on any atom is 0.265 e. The molecule has 0 saturated carbocycles. The van der Waals surface area contributed by atoms with Gasteiger partial charge in [0.1, 0.15) is 12.5 Å². The fourth-order valence-corrected chi connectivity index (χ4v) is 5.32. The Morgan fingerprint density at radius 1 is 0.917 bits per heavy atom. The van der Waals surface area contributed by atoms with E-state index in [-0.39, 0.29) is 17.5 Å². The van der Waals surface area contributed by atoms with E-state index in [2.05, 4.69) is 22.3 Å². The van der Waals surface area contributed by atoms with Crippen molar-refractivity contribution < 1.29 is 14.0 Å². The molecule has 2 aliphatic heterocycles. The van der Waals surface area contributed by atoms with Crippen molar-refractivity contribution >= 4 is 45.7 Å². The number of para-hydroxylation sites is 2. The average molecular weight is 502 g/mol. The number of aromatic nitrogens is 1. The lowest BCUT2D eigenvalue weighted by Gasteiger charge is -2.37. The first-order valence-electron chi connectivity index (χ1n) is 11.9. The Bertz CT molecular complexity index is 1490. The van der Waals surface area contributed by atoms with Gasteiger partial charge in [0, 0.05) is 35.7 Å². The van der Waals surface area contributed by atoms with Gasteiger partial charge in [0.25, 0.3) is 11.8 Å². The summed E-state index contributed by atoms with van der Waals surface area (Å²) >= 11 is 6.22. The molecule has 6 rings (SSSR count). The highest BCUT2D eigenvalue weighted by Gasteiger charge is 2.32. The lowest BCUT2D eigenvalue weighted by Crippen LogP contribution is -2.45. The number of hydrogen-bond donors (Lipinski definition) is 1. The fourth-order valence-electron chi connectivity index (χ4n) is 5.15. The van der Waals surface area contributed by atoms with Crippen molar-refractivity contribution in [3.63, 3.8) is 0 Å². The molecule has 0 unspecified atom stereocenters.